The van der Waals surface area contributed by atoms with Crippen LogP contribution in [0, 0.1) is 10.1 Å². The minimum atomic E-state index is -0.879. The zero-order valence-corrected chi connectivity index (χ0v) is 23.1. The molecule has 1 N–H and O–H groups in total. The Bertz CT molecular complexity index is 1500. The third-order valence-corrected chi connectivity index (χ3v) is 7.69. The van der Waals surface area contributed by atoms with Crippen LogP contribution in [0.2, 0.25) is 0 Å². The van der Waals surface area contributed by atoms with E-state index in [1.807, 2.05) is 35.2 Å². The van der Waals surface area contributed by atoms with Crippen LogP contribution in [-0.4, -0.2) is 71.4 Å². The monoisotopic (exact) mass is 569 g/mol. The van der Waals surface area contributed by atoms with Crippen molar-refractivity contribution >= 4 is 40.9 Å². The number of nitro groups is 1. The minimum Gasteiger partial charge on any atom is -0.497 e. The normalized spacial score (nSPS) is 16.2. The van der Waals surface area contributed by atoms with Gasteiger partial charge in [0.05, 0.1) is 18.7 Å². The number of ether oxygens (including phenoxy) is 1. The molecule has 1 spiro atoms. The van der Waals surface area contributed by atoms with Gasteiger partial charge in [-0.1, -0.05) is 24.3 Å². The van der Waals surface area contributed by atoms with Crippen LogP contribution in [0.5, 0.6) is 5.75 Å². The first-order valence-electron chi connectivity index (χ1n) is 13.6. The van der Waals surface area contributed by atoms with Gasteiger partial charge in [-0.3, -0.25) is 24.5 Å². The van der Waals surface area contributed by atoms with Crippen LogP contribution in [0.4, 0.5) is 17.1 Å². The number of carbonyl (C=O) groups is 3. The van der Waals surface area contributed by atoms with Crippen LogP contribution in [0.15, 0.2) is 84.9 Å². The van der Waals surface area contributed by atoms with Gasteiger partial charge in [0, 0.05) is 48.7 Å². The molecule has 0 aliphatic carbocycles. The Morgan fingerprint density at radius 3 is 2.40 bits per heavy atom. The second kappa shape index (κ2) is 12.1. The number of hydrogen-bond donors (Lipinski definition) is 1. The van der Waals surface area contributed by atoms with Crippen LogP contribution in [-0.2, 0) is 14.4 Å². The Morgan fingerprint density at radius 2 is 1.74 bits per heavy atom. The number of anilines is 2. The van der Waals surface area contributed by atoms with E-state index in [-0.39, 0.29) is 36.6 Å². The molecule has 5 rings (SSSR count). The Labute approximate surface area is 243 Å². The van der Waals surface area contributed by atoms with Gasteiger partial charge in [0.2, 0.25) is 11.8 Å². The van der Waals surface area contributed by atoms with Crippen LogP contribution >= 0.6 is 0 Å². The van der Waals surface area contributed by atoms with Crippen LogP contribution in [0.1, 0.15) is 18.4 Å². The predicted molar refractivity (Wildman–Crippen MR) is 158 cm³/mol. The van der Waals surface area contributed by atoms with Gasteiger partial charge >= 0.3 is 0 Å². The Kier molecular flexibility index (Phi) is 8.19. The Balaban J connectivity index is 1.27. The number of hydrogen-bond acceptors (Lipinski definition) is 7. The summed E-state index contributed by atoms with van der Waals surface area (Å²) in [6, 6.07) is 22.6. The standard InChI is InChI=1S/C31H31N5O6/c1-42-27-9-5-6-24(20-27)32-28(37)21-34-22-35(25-7-3-2-4-8-25)31(30(34)39)16-18-33(19-17-31)29(38)15-12-23-10-13-26(14-11-23)36(40)41/h2-15,20H,16-19,21-22H2,1H3,(H,32,37)/b15-12+. The van der Waals surface area contributed by atoms with E-state index in [0.717, 1.165) is 5.69 Å². The molecule has 2 fully saturated rings. The lowest BCUT2D eigenvalue weighted by molar-refractivity contribution is -0.384. The Morgan fingerprint density at radius 1 is 1.02 bits per heavy atom. The summed E-state index contributed by atoms with van der Waals surface area (Å²) >= 11 is 0. The van der Waals surface area contributed by atoms with Crippen molar-refractivity contribution < 1.29 is 24.0 Å². The number of non-ortho nitro benzene ring substituents is 1. The van der Waals surface area contributed by atoms with Crippen molar-refractivity contribution in [3.8, 4) is 5.75 Å². The summed E-state index contributed by atoms with van der Waals surface area (Å²) in [4.78, 5) is 55.6. The molecule has 11 nitrogen and oxygen atoms in total. The number of methoxy groups -OCH3 is 1. The first-order valence-corrected chi connectivity index (χ1v) is 13.6. The molecule has 2 saturated heterocycles. The number of amides is 3. The number of nitrogens with zero attached hydrogens (tertiary/aromatic N) is 4. The molecule has 0 unspecified atom stereocenters. The number of rotatable bonds is 8. The van der Waals surface area contributed by atoms with Crippen molar-refractivity contribution in [3.63, 3.8) is 0 Å². The molecular formula is C31H31N5O6. The molecule has 0 aromatic heterocycles. The fourth-order valence-electron chi connectivity index (χ4n) is 5.47. The zero-order chi connectivity index (χ0) is 29.7. The number of piperidine rings is 1. The number of para-hydroxylation sites is 1. The molecule has 2 aliphatic heterocycles. The van der Waals surface area contributed by atoms with E-state index in [4.69, 9.17) is 4.74 Å². The molecule has 42 heavy (non-hydrogen) atoms. The largest absolute Gasteiger partial charge is 0.497 e. The first-order chi connectivity index (χ1) is 20.3. The van der Waals surface area contributed by atoms with Gasteiger partial charge in [0.15, 0.2) is 0 Å². The van der Waals surface area contributed by atoms with Crippen LogP contribution < -0.4 is 15.0 Å². The van der Waals surface area contributed by atoms with Gasteiger partial charge in [0.25, 0.3) is 11.6 Å². The summed E-state index contributed by atoms with van der Waals surface area (Å²) in [5.74, 6) is -0.0380. The molecule has 3 amide bonds. The van der Waals surface area contributed by atoms with Crippen molar-refractivity contribution in [2.75, 3.05) is 43.6 Å². The molecular weight excluding hydrogens is 538 g/mol. The van der Waals surface area contributed by atoms with Gasteiger partial charge in [-0.2, -0.15) is 0 Å². The van der Waals surface area contributed by atoms with E-state index < -0.39 is 10.5 Å². The molecule has 0 atom stereocenters. The topological polar surface area (TPSA) is 125 Å². The van der Waals surface area contributed by atoms with Gasteiger partial charge in [0.1, 0.15) is 17.8 Å². The summed E-state index contributed by atoms with van der Waals surface area (Å²) in [7, 11) is 1.55. The molecule has 3 aromatic rings. The lowest BCUT2D eigenvalue weighted by atomic mass is 9.85. The average Bonchev–Trinajstić information content (AvgIpc) is 3.26. The van der Waals surface area contributed by atoms with Crippen molar-refractivity contribution in [1.82, 2.24) is 9.80 Å². The highest BCUT2D eigenvalue weighted by atomic mass is 16.6. The number of benzene rings is 3. The molecule has 216 valence electrons. The van der Waals surface area contributed by atoms with Crippen molar-refractivity contribution in [3.05, 3.63) is 101 Å². The smallest absolute Gasteiger partial charge is 0.269 e. The highest BCUT2D eigenvalue weighted by Gasteiger charge is 2.54. The molecule has 0 radical (unpaired) electrons. The van der Waals surface area contributed by atoms with E-state index in [1.165, 1.54) is 18.2 Å². The van der Waals surface area contributed by atoms with E-state index in [9.17, 15) is 24.5 Å². The summed E-state index contributed by atoms with van der Waals surface area (Å²) < 4.78 is 5.22. The maximum atomic E-state index is 13.9. The summed E-state index contributed by atoms with van der Waals surface area (Å²) in [6.07, 6.45) is 3.88. The number of nitrogens with one attached hydrogen (secondary N) is 1. The second-order valence-electron chi connectivity index (χ2n) is 10.2. The SMILES string of the molecule is COc1cccc(NC(=O)CN2CN(c3ccccc3)C3(CCN(C(=O)/C=C/c4ccc([N+](=O)[O-])cc4)CC3)C2=O)c1. The highest BCUT2D eigenvalue weighted by molar-refractivity contribution is 5.99. The third-order valence-electron chi connectivity index (χ3n) is 7.69. The molecule has 11 heteroatoms. The number of carbonyl (C=O) groups excluding carboxylic acids is 3. The zero-order valence-electron chi connectivity index (χ0n) is 23.1. The van der Waals surface area contributed by atoms with E-state index in [1.54, 1.807) is 59.4 Å². The number of nitro benzene ring substituents is 1. The molecule has 0 saturated carbocycles. The maximum Gasteiger partial charge on any atom is 0.269 e. The summed E-state index contributed by atoms with van der Waals surface area (Å²) in [5, 5.41) is 13.7. The average molecular weight is 570 g/mol. The van der Waals surface area contributed by atoms with Crippen molar-refractivity contribution in [1.29, 1.82) is 0 Å². The molecule has 2 heterocycles. The fourth-order valence-corrected chi connectivity index (χ4v) is 5.47. The van der Waals surface area contributed by atoms with Gasteiger partial charge in [-0.25, -0.2) is 0 Å². The molecule has 3 aromatic carbocycles. The summed E-state index contributed by atoms with van der Waals surface area (Å²) in [6.45, 7) is 0.870. The van der Waals surface area contributed by atoms with E-state index in [0.29, 0.717) is 42.9 Å². The molecule has 0 bridgehead atoms. The second-order valence-corrected chi connectivity index (χ2v) is 10.2. The first kappa shape index (κ1) is 28.3. The predicted octanol–water partition coefficient (Wildman–Crippen LogP) is 3.92. The maximum absolute atomic E-state index is 13.9. The van der Waals surface area contributed by atoms with Crippen molar-refractivity contribution in [2.45, 2.75) is 18.4 Å². The lowest BCUT2D eigenvalue weighted by Gasteiger charge is -2.43. The van der Waals surface area contributed by atoms with E-state index >= 15 is 0 Å². The fraction of sp³-hybridized carbons (Fsp3) is 0.258. The quantitative estimate of drug-likeness (QED) is 0.248. The minimum absolute atomic E-state index is 0.0178. The van der Waals surface area contributed by atoms with Gasteiger partial charge < -0.3 is 24.8 Å². The van der Waals surface area contributed by atoms with Crippen LogP contribution in [0.25, 0.3) is 6.08 Å². The van der Waals surface area contributed by atoms with Crippen molar-refractivity contribution in [2.24, 2.45) is 0 Å². The van der Waals surface area contributed by atoms with Crippen LogP contribution in [0.3, 0.4) is 0 Å². The highest BCUT2D eigenvalue weighted by Crippen LogP contribution is 2.39. The van der Waals surface area contributed by atoms with Gasteiger partial charge in [-0.05, 0) is 60.9 Å². The molecule has 2 aliphatic rings. The number of likely N-dealkylation sites (tertiary alicyclic amines) is 1. The summed E-state index contributed by atoms with van der Waals surface area (Å²) in [5.41, 5.74) is 1.23. The van der Waals surface area contributed by atoms with E-state index in [2.05, 4.69) is 5.32 Å². The Hall–Kier alpha value is -5.19. The third kappa shape index (κ3) is 5.95. The van der Waals surface area contributed by atoms with Gasteiger partial charge in [-0.15, -0.1) is 0 Å². The lowest BCUT2D eigenvalue weighted by Crippen LogP contribution is -2.57.